The van der Waals surface area contributed by atoms with Crippen LogP contribution in [0, 0.1) is 6.92 Å². The molecule has 0 bridgehead atoms. The molecular weight excluding hydrogens is 408 g/mol. The van der Waals surface area contributed by atoms with Gasteiger partial charge in [-0.25, -0.2) is 8.42 Å². The van der Waals surface area contributed by atoms with Gasteiger partial charge in [0.05, 0.1) is 4.90 Å². The lowest BCUT2D eigenvalue weighted by atomic mass is 9.95. The molecule has 1 amide bonds. The van der Waals surface area contributed by atoms with Gasteiger partial charge in [-0.2, -0.15) is 4.31 Å². The Balaban J connectivity index is 1.58. The van der Waals surface area contributed by atoms with Gasteiger partial charge in [0.2, 0.25) is 15.9 Å². The summed E-state index contributed by atoms with van der Waals surface area (Å²) >= 11 is 0. The van der Waals surface area contributed by atoms with E-state index >= 15 is 0 Å². The smallest absolute Gasteiger partial charge is 0.244 e. The van der Waals surface area contributed by atoms with Gasteiger partial charge in [-0.1, -0.05) is 72.3 Å². The predicted octanol–water partition coefficient (Wildman–Crippen LogP) is 3.47. The number of carbonyl (C=O) groups excluding carboxylic acids is 1. The third-order valence-corrected chi connectivity index (χ3v) is 7.56. The lowest BCUT2D eigenvalue weighted by molar-refractivity contribution is -0.125. The molecule has 1 N–H and O–H groups in total. The van der Waals surface area contributed by atoms with Gasteiger partial charge in [0.25, 0.3) is 0 Å². The molecule has 3 aromatic carbocycles. The summed E-state index contributed by atoms with van der Waals surface area (Å²) in [6, 6.07) is 23.6. The van der Waals surface area contributed by atoms with Crippen LogP contribution < -0.4 is 5.32 Å². The monoisotopic (exact) mass is 434 g/mol. The van der Waals surface area contributed by atoms with Crippen LogP contribution in [0.5, 0.6) is 0 Å². The molecule has 0 aromatic heterocycles. The van der Waals surface area contributed by atoms with Gasteiger partial charge in [0.1, 0.15) is 6.04 Å². The molecule has 0 saturated carbocycles. The number of fused-ring (bicyclic) bond motifs is 1. The van der Waals surface area contributed by atoms with E-state index in [4.69, 9.17) is 0 Å². The molecule has 0 saturated heterocycles. The number of hydrogen-bond donors (Lipinski definition) is 1. The Hall–Kier alpha value is -2.96. The Morgan fingerprint density at radius 1 is 0.935 bits per heavy atom. The molecule has 0 radical (unpaired) electrons. The SMILES string of the molecule is Cc1ccc(S(=O)(=O)N2Cc3ccccc3C[C@@H]2C(=O)NCCc2ccccc2)cc1. The van der Waals surface area contributed by atoms with Crippen molar-refractivity contribution < 1.29 is 13.2 Å². The highest BCUT2D eigenvalue weighted by atomic mass is 32.2. The minimum absolute atomic E-state index is 0.184. The van der Waals surface area contributed by atoms with Crippen LogP contribution in [0.25, 0.3) is 0 Å². The Labute approximate surface area is 183 Å². The van der Waals surface area contributed by atoms with Crippen LogP contribution in [0.2, 0.25) is 0 Å². The first kappa shape index (κ1) is 21.3. The molecule has 0 fully saturated rings. The molecule has 1 atom stereocenters. The Kier molecular flexibility index (Phi) is 6.20. The van der Waals surface area contributed by atoms with E-state index in [1.807, 2.05) is 61.5 Å². The summed E-state index contributed by atoms with van der Waals surface area (Å²) < 4.78 is 28.3. The van der Waals surface area contributed by atoms with E-state index in [1.165, 1.54) is 4.31 Å². The molecule has 1 heterocycles. The third-order valence-electron chi connectivity index (χ3n) is 5.69. The van der Waals surface area contributed by atoms with Crippen LogP contribution in [0.15, 0.2) is 83.8 Å². The molecule has 31 heavy (non-hydrogen) atoms. The largest absolute Gasteiger partial charge is 0.354 e. The predicted molar refractivity (Wildman–Crippen MR) is 121 cm³/mol. The van der Waals surface area contributed by atoms with Crippen LogP contribution >= 0.6 is 0 Å². The van der Waals surface area contributed by atoms with E-state index < -0.39 is 16.1 Å². The number of aryl methyl sites for hydroxylation is 1. The van der Waals surface area contributed by atoms with Crippen molar-refractivity contribution in [1.82, 2.24) is 9.62 Å². The number of benzene rings is 3. The zero-order valence-corrected chi connectivity index (χ0v) is 18.3. The van der Waals surface area contributed by atoms with Crippen LogP contribution in [-0.2, 0) is 34.2 Å². The molecule has 1 aliphatic heterocycles. The first-order chi connectivity index (χ1) is 14.9. The molecule has 6 heteroatoms. The maximum Gasteiger partial charge on any atom is 0.244 e. The first-order valence-corrected chi connectivity index (χ1v) is 11.9. The summed E-state index contributed by atoms with van der Waals surface area (Å²) in [5.41, 5.74) is 4.06. The summed E-state index contributed by atoms with van der Waals surface area (Å²) in [6.45, 7) is 2.55. The maximum absolute atomic E-state index is 13.5. The lowest BCUT2D eigenvalue weighted by Gasteiger charge is -2.35. The second-order valence-electron chi connectivity index (χ2n) is 7.88. The Morgan fingerprint density at radius 3 is 2.29 bits per heavy atom. The Morgan fingerprint density at radius 2 is 1.58 bits per heavy atom. The number of sulfonamides is 1. The van der Waals surface area contributed by atoms with E-state index in [2.05, 4.69) is 5.32 Å². The summed E-state index contributed by atoms with van der Waals surface area (Å²) in [6.07, 6.45) is 1.05. The first-order valence-electron chi connectivity index (χ1n) is 10.4. The van der Waals surface area contributed by atoms with Gasteiger partial charge in [0.15, 0.2) is 0 Å². The minimum Gasteiger partial charge on any atom is -0.354 e. The van der Waals surface area contributed by atoms with Crippen molar-refractivity contribution in [3.8, 4) is 0 Å². The average molecular weight is 435 g/mol. The van der Waals surface area contributed by atoms with Crippen molar-refractivity contribution in [3.05, 3.63) is 101 Å². The number of nitrogens with one attached hydrogen (secondary N) is 1. The van der Waals surface area contributed by atoms with Crippen LogP contribution in [0.4, 0.5) is 0 Å². The Bertz CT molecular complexity index is 1160. The van der Waals surface area contributed by atoms with E-state index in [1.54, 1.807) is 24.3 Å². The van der Waals surface area contributed by atoms with Gasteiger partial charge >= 0.3 is 0 Å². The van der Waals surface area contributed by atoms with Crippen molar-refractivity contribution in [2.75, 3.05) is 6.54 Å². The van der Waals surface area contributed by atoms with Gasteiger partial charge in [-0.05, 0) is 48.6 Å². The van der Waals surface area contributed by atoms with E-state index in [0.717, 1.165) is 22.3 Å². The fourth-order valence-electron chi connectivity index (χ4n) is 3.91. The highest BCUT2D eigenvalue weighted by Gasteiger charge is 2.39. The molecule has 1 aliphatic rings. The zero-order chi connectivity index (χ0) is 21.8. The van der Waals surface area contributed by atoms with Crippen molar-refractivity contribution in [2.24, 2.45) is 0 Å². The lowest BCUT2D eigenvalue weighted by Crippen LogP contribution is -2.52. The number of hydrogen-bond acceptors (Lipinski definition) is 3. The molecular formula is C25H26N2O3S. The molecule has 0 spiro atoms. The molecule has 4 rings (SSSR count). The quantitative estimate of drug-likeness (QED) is 0.646. The van der Waals surface area contributed by atoms with Gasteiger partial charge < -0.3 is 5.32 Å². The van der Waals surface area contributed by atoms with E-state index in [9.17, 15) is 13.2 Å². The molecule has 0 unspecified atom stereocenters. The van der Waals surface area contributed by atoms with Crippen LogP contribution in [0.3, 0.4) is 0 Å². The highest BCUT2D eigenvalue weighted by Crippen LogP contribution is 2.29. The molecule has 0 aliphatic carbocycles. The van der Waals surface area contributed by atoms with Crippen LogP contribution in [0.1, 0.15) is 22.3 Å². The summed E-state index contributed by atoms with van der Waals surface area (Å²) in [5.74, 6) is -0.263. The number of rotatable bonds is 6. The number of nitrogens with zero attached hydrogens (tertiary/aromatic N) is 1. The zero-order valence-electron chi connectivity index (χ0n) is 17.5. The minimum atomic E-state index is -3.82. The fourth-order valence-corrected chi connectivity index (χ4v) is 5.48. The topological polar surface area (TPSA) is 66.5 Å². The molecule has 5 nitrogen and oxygen atoms in total. The second kappa shape index (κ2) is 9.04. The van der Waals surface area contributed by atoms with Crippen molar-refractivity contribution in [1.29, 1.82) is 0 Å². The highest BCUT2D eigenvalue weighted by molar-refractivity contribution is 7.89. The summed E-state index contributed by atoms with van der Waals surface area (Å²) in [7, 11) is -3.82. The molecule has 3 aromatic rings. The van der Waals surface area contributed by atoms with Crippen molar-refractivity contribution in [2.45, 2.75) is 37.2 Å². The number of carbonyl (C=O) groups is 1. The van der Waals surface area contributed by atoms with Crippen molar-refractivity contribution >= 4 is 15.9 Å². The third kappa shape index (κ3) is 4.70. The normalized spacial score (nSPS) is 16.5. The van der Waals surface area contributed by atoms with Crippen LogP contribution in [-0.4, -0.2) is 31.2 Å². The van der Waals surface area contributed by atoms with Gasteiger partial charge in [-0.3, -0.25) is 4.79 Å². The summed E-state index contributed by atoms with van der Waals surface area (Å²) in [4.78, 5) is 13.3. The average Bonchev–Trinajstić information content (AvgIpc) is 2.79. The standard InChI is InChI=1S/C25H26N2O3S/c1-19-11-13-23(14-12-19)31(29,30)27-18-22-10-6-5-9-21(22)17-24(27)25(28)26-16-15-20-7-3-2-4-8-20/h2-14,24H,15-18H2,1H3,(H,26,28)/t24-/m1/s1. The van der Waals surface area contributed by atoms with Gasteiger partial charge in [0, 0.05) is 13.1 Å². The van der Waals surface area contributed by atoms with Crippen molar-refractivity contribution in [3.63, 3.8) is 0 Å². The van der Waals surface area contributed by atoms with E-state index in [0.29, 0.717) is 19.4 Å². The maximum atomic E-state index is 13.5. The fraction of sp³-hybridized carbons (Fsp3) is 0.240. The number of amides is 1. The molecule has 160 valence electrons. The second-order valence-corrected chi connectivity index (χ2v) is 9.77. The summed E-state index contributed by atoms with van der Waals surface area (Å²) in [5, 5.41) is 2.95. The van der Waals surface area contributed by atoms with Gasteiger partial charge in [-0.15, -0.1) is 0 Å². The van der Waals surface area contributed by atoms with E-state index in [-0.39, 0.29) is 17.3 Å².